The third-order valence-electron chi connectivity index (χ3n) is 3.23. The van der Waals surface area contributed by atoms with E-state index in [0.717, 1.165) is 18.9 Å². The summed E-state index contributed by atoms with van der Waals surface area (Å²) in [4.78, 5) is 26.1. The van der Waals surface area contributed by atoms with Crippen LogP contribution in [0.15, 0.2) is 12.4 Å². The van der Waals surface area contributed by atoms with E-state index in [-0.39, 0.29) is 12.1 Å². The topological polar surface area (TPSA) is 61.8 Å². The minimum atomic E-state index is 0.0486. The number of aromatic nitrogens is 2. The number of ether oxygens (including phenoxy) is 1. The van der Waals surface area contributed by atoms with Crippen molar-refractivity contribution >= 4 is 11.8 Å². The molecule has 1 aliphatic rings. The number of amides is 2. The minimum Gasteiger partial charge on any atom is -0.472 e. The van der Waals surface area contributed by atoms with Crippen molar-refractivity contribution in [3.05, 3.63) is 12.4 Å². The van der Waals surface area contributed by atoms with Crippen molar-refractivity contribution in [3.8, 4) is 5.88 Å². The Morgan fingerprint density at radius 1 is 1.19 bits per heavy atom. The van der Waals surface area contributed by atoms with E-state index < -0.39 is 0 Å². The van der Waals surface area contributed by atoms with Crippen molar-refractivity contribution in [2.24, 2.45) is 0 Å². The zero-order valence-corrected chi connectivity index (χ0v) is 13.1. The highest BCUT2D eigenvalue weighted by Gasteiger charge is 2.25. The first-order valence-electron chi connectivity index (χ1n) is 7.18. The molecule has 1 saturated heterocycles. The van der Waals surface area contributed by atoms with Crippen LogP contribution in [0.3, 0.4) is 0 Å². The number of hydrogen-bond acceptors (Lipinski definition) is 5. The molecule has 0 atom stereocenters. The second-order valence-corrected chi connectivity index (χ2v) is 5.50. The van der Waals surface area contributed by atoms with Crippen LogP contribution in [0.25, 0.3) is 0 Å². The number of urea groups is 1. The molecule has 0 bridgehead atoms. The number of piperazine rings is 1. The number of hydrogen-bond donors (Lipinski definition) is 0. The Morgan fingerprint density at radius 2 is 1.81 bits per heavy atom. The molecule has 7 heteroatoms. The van der Waals surface area contributed by atoms with Gasteiger partial charge in [0.2, 0.25) is 0 Å². The van der Waals surface area contributed by atoms with E-state index in [1.165, 1.54) is 0 Å². The van der Waals surface area contributed by atoms with E-state index in [1.807, 2.05) is 18.7 Å². The maximum atomic E-state index is 11.9. The Kier molecular flexibility index (Phi) is 4.82. The predicted molar refractivity (Wildman–Crippen MR) is 80.7 cm³/mol. The number of carbonyl (C=O) groups is 1. The standard InChI is InChI=1S/C14H23N5O2/c1-11(2)21-13-12(15-5-6-16-13)18-7-9-19(10-8-18)14(20)17(3)4/h5-6,11H,7-10H2,1-4H3. The maximum absolute atomic E-state index is 11.9. The van der Waals surface area contributed by atoms with Gasteiger partial charge in [-0.2, -0.15) is 0 Å². The van der Waals surface area contributed by atoms with Crippen LogP contribution in [-0.4, -0.2) is 72.2 Å². The molecule has 2 rings (SSSR count). The normalized spacial score (nSPS) is 15.3. The van der Waals surface area contributed by atoms with E-state index in [1.54, 1.807) is 31.4 Å². The molecule has 0 aliphatic carbocycles. The largest absolute Gasteiger partial charge is 0.472 e. The van der Waals surface area contributed by atoms with Crippen LogP contribution in [0.5, 0.6) is 5.88 Å². The summed E-state index contributed by atoms with van der Waals surface area (Å²) < 4.78 is 5.71. The summed E-state index contributed by atoms with van der Waals surface area (Å²) in [5.74, 6) is 1.31. The monoisotopic (exact) mass is 293 g/mol. The molecule has 0 aromatic carbocycles. The molecule has 1 aromatic rings. The van der Waals surface area contributed by atoms with E-state index in [2.05, 4.69) is 14.9 Å². The van der Waals surface area contributed by atoms with Gasteiger partial charge in [0.1, 0.15) is 0 Å². The van der Waals surface area contributed by atoms with E-state index in [9.17, 15) is 4.79 Å². The zero-order valence-electron chi connectivity index (χ0n) is 13.1. The van der Waals surface area contributed by atoms with Crippen LogP contribution in [-0.2, 0) is 0 Å². The summed E-state index contributed by atoms with van der Waals surface area (Å²) in [5.41, 5.74) is 0. The van der Waals surface area contributed by atoms with Gasteiger partial charge in [-0.05, 0) is 13.8 Å². The van der Waals surface area contributed by atoms with Gasteiger partial charge in [-0.1, -0.05) is 0 Å². The van der Waals surface area contributed by atoms with Gasteiger partial charge in [0.15, 0.2) is 5.82 Å². The Bertz CT molecular complexity index is 484. The highest BCUT2D eigenvalue weighted by atomic mass is 16.5. The minimum absolute atomic E-state index is 0.0486. The van der Waals surface area contributed by atoms with Crippen LogP contribution in [0.4, 0.5) is 10.6 Å². The third kappa shape index (κ3) is 3.74. The van der Waals surface area contributed by atoms with Crippen LogP contribution in [0, 0.1) is 0 Å². The van der Waals surface area contributed by atoms with Crippen molar-refractivity contribution in [1.29, 1.82) is 0 Å². The molecule has 1 aliphatic heterocycles. The molecule has 2 amide bonds. The summed E-state index contributed by atoms with van der Waals surface area (Å²) in [6.45, 7) is 6.74. The summed E-state index contributed by atoms with van der Waals surface area (Å²) in [6.07, 6.45) is 3.35. The lowest BCUT2D eigenvalue weighted by molar-refractivity contribution is 0.167. The first-order chi connectivity index (χ1) is 9.99. The summed E-state index contributed by atoms with van der Waals surface area (Å²) in [7, 11) is 3.54. The van der Waals surface area contributed by atoms with E-state index in [4.69, 9.17) is 4.74 Å². The van der Waals surface area contributed by atoms with Gasteiger partial charge in [-0.25, -0.2) is 14.8 Å². The highest BCUT2D eigenvalue weighted by Crippen LogP contribution is 2.24. The third-order valence-corrected chi connectivity index (χ3v) is 3.23. The number of carbonyl (C=O) groups excluding carboxylic acids is 1. The van der Waals surface area contributed by atoms with E-state index >= 15 is 0 Å². The highest BCUT2D eigenvalue weighted by molar-refractivity contribution is 5.74. The van der Waals surface area contributed by atoms with Gasteiger partial charge in [-0.15, -0.1) is 0 Å². The molecule has 7 nitrogen and oxygen atoms in total. The second kappa shape index (κ2) is 6.60. The number of anilines is 1. The van der Waals surface area contributed by atoms with Crippen LogP contribution >= 0.6 is 0 Å². The lowest BCUT2D eigenvalue weighted by Crippen LogP contribution is -2.51. The Balaban J connectivity index is 2.04. The average Bonchev–Trinajstić information content (AvgIpc) is 2.46. The fraction of sp³-hybridized carbons (Fsp3) is 0.643. The molecule has 116 valence electrons. The molecular formula is C14H23N5O2. The smallest absolute Gasteiger partial charge is 0.319 e. The molecule has 0 unspecified atom stereocenters. The van der Waals surface area contributed by atoms with Crippen molar-refractivity contribution in [2.45, 2.75) is 20.0 Å². The molecule has 1 fully saturated rings. The molecule has 0 radical (unpaired) electrons. The molecular weight excluding hydrogens is 270 g/mol. The SMILES string of the molecule is CC(C)Oc1nccnc1N1CCN(C(=O)N(C)C)CC1. The van der Waals surface area contributed by atoms with Crippen molar-refractivity contribution in [1.82, 2.24) is 19.8 Å². The molecule has 1 aromatic heterocycles. The lowest BCUT2D eigenvalue weighted by atomic mass is 10.3. The Labute approximate surface area is 125 Å². The Morgan fingerprint density at radius 3 is 2.38 bits per heavy atom. The van der Waals surface area contributed by atoms with Crippen molar-refractivity contribution in [3.63, 3.8) is 0 Å². The van der Waals surface area contributed by atoms with Gasteiger partial charge in [0, 0.05) is 52.7 Å². The number of nitrogens with zero attached hydrogens (tertiary/aromatic N) is 5. The zero-order chi connectivity index (χ0) is 15.4. The first kappa shape index (κ1) is 15.3. The van der Waals surface area contributed by atoms with Gasteiger partial charge in [0.25, 0.3) is 5.88 Å². The fourth-order valence-corrected chi connectivity index (χ4v) is 2.23. The average molecular weight is 293 g/mol. The van der Waals surface area contributed by atoms with Crippen LogP contribution in [0.1, 0.15) is 13.8 Å². The van der Waals surface area contributed by atoms with Gasteiger partial charge in [-0.3, -0.25) is 0 Å². The van der Waals surface area contributed by atoms with E-state index in [0.29, 0.717) is 19.0 Å². The molecule has 0 N–H and O–H groups in total. The van der Waals surface area contributed by atoms with Crippen molar-refractivity contribution < 1.29 is 9.53 Å². The molecule has 2 heterocycles. The summed E-state index contributed by atoms with van der Waals surface area (Å²) >= 11 is 0. The Hall–Kier alpha value is -2.05. The van der Waals surface area contributed by atoms with Crippen LogP contribution in [0.2, 0.25) is 0 Å². The molecule has 21 heavy (non-hydrogen) atoms. The summed E-state index contributed by atoms with van der Waals surface area (Å²) in [6, 6.07) is 0.0486. The molecule has 0 spiro atoms. The predicted octanol–water partition coefficient (Wildman–Crippen LogP) is 1.07. The number of rotatable bonds is 3. The van der Waals surface area contributed by atoms with Crippen molar-refractivity contribution in [2.75, 3.05) is 45.2 Å². The molecule has 0 saturated carbocycles. The fourth-order valence-electron chi connectivity index (χ4n) is 2.23. The lowest BCUT2D eigenvalue weighted by Gasteiger charge is -2.36. The van der Waals surface area contributed by atoms with Gasteiger partial charge < -0.3 is 19.4 Å². The quantitative estimate of drug-likeness (QED) is 0.834. The first-order valence-corrected chi connectivity index (χ1v) is 7.18. The van der Waals surface area contributed by atoms with Crippen LogP contribution < -0.4 is 9.64 Å². The van der Waals surface area contributed by atoms with Gasteiger partial charge >= 0.3 is 6.03 Å². The summed E-state index contributed by atoms with van der Waals surface area (Å²) in [5, 5.41) is 0. The van der Waals surface area contributed by atoms with Gasteiger partial charge in [0.05, 0.1) is 6.10 Å². The maximum Gasteiger partial charge on any atom is 0.319 e. The second-order valence-electron chi connectivity index (χ2n) is 5.50.